The quantitative estimate of drug-likeness (QED) is 0.625. The maximum atomic E-state index is 5.64. The Kier molecular flexibility index (Phi) is 4.54. The largest absolute Gasteiger partial charge is 0.376 e. The molecule has 0 amide bonds. The Morgan fingerprint density at radius 3 is 2.95 bits per heavy atom. The van der Waals surface area contributed by atoms with Crippen molar-refractivity contribution in [1.29, 1.82) is 0 Å². The second-order valence-electron chi connectivity index (χ2n) is 5.13. The third-order valence-corrected chi connectivity index (χ3v) is 3.90. The Morgan fingerprint density at radius 1 is 1.53 bits per heavy atom. The van der Waals surface area contributed by atoms with Crippen molar-refractivity contribution >= 4 is 12.2 Å². The van der Waals surface area contributed by atoms with Gasteiger partial charge in [-0.2, -0.15) is 5.10 Å². The molecule has 2 unspecified atom stereocenters. The second-order valence-corrected chi connectivity index (χ2v) is 5.50. The van der Waals surface area contributed by atoms with E-state index in [1.165, 1.54) is 0 Å². The molecule has 1 saturated heterocycles. The predicted octanol–water partition coefficient (Wildman–Crippen LogP) is 1.98. The second kappa shape index (κ2) is 5.98. The number of morpholine rings is 1. The minimum absolute atomic E-state index is 0.265. The van der Waals surface area contributed by atoms with Gasteiger partial charge in [0.05, 0.1) is 19.4 Å². The van der Waals surface area contributed by atoms with Crippen molar-refractivity contribution in [3.63, 3.8) is 0 Å². The Balaban J connectivity index is 2.16. The molecule has 2 atom stereocenters. The number of aromatic nitrogens is 3. The Hall–Kier alpha value is -0.980. The molecule has 1 fully saturated rings. The lowest BCUT2D eigenvalue weighted by Crippen LogP contribution is -2.47. The summed E-state index contributed by atoms with van der Waals surface area (Å²) in [5, 5.41) is 4.53. The minimum atomic E-state index is 0.265. The average molecular weight is 282 g/mol. The van der Waals surface area contributed by atoms with E-state index in [1.807, 2.05) is 22.2 Å². The van der Waals surface area contributed by atoms with Crippen molar-refractivity contribution in [2.45, 2.75) is 46.1 Å². The standard InChI is InChI=1S/C13H22N4OS/c1-5-6-16-12(4)14-17(13(16)19)9-15-7-11(3)18-8-10(15)2/h5,10-11H,1,6-9H2,2-4H3. The van der Waals surface area contributed by atoms with Gasteiger partial charge in [-0.3, -0.25) is 4.90 Å². The van der Waals surface area contributed by atoms with E-state index in [9.17, 15) is 0 Å². The highest BCUT2D eigenvalue weighted by Gasteiger charge is 2.24. The molecular formula is C13H22N4OS. The maximum Gasteiger partial charge on any atom is 0.199 e. The van der Waals surface area contributed by atoms with Crippen LogP contribution in [0.4, 0.5) is 0 Å². The zero-order valence-electron chi connectivity index (χ0n) is 11.9. The first-order chi connectivity index (χ1) is 9.02. The zero-order valence-corrected chi connectivity index (χ0v) is 12.7. The number of hydrogen-bond donors (Lipinski definition) is 0. The molecular weight excluding hydrogens is 260 g/mol. The summed E-state index contributed by atoms with van der Waals surface area (Å²) in [6.45, 7) is 13.1. The lowest BCUT2D eigenvalue weighted by atomic mass is 10.2. The molecule has 0 bridgehead atoms. The van der Waals surface area contributed by atoms with Crippen molar-refractivity contribution in [2.24, 2.45) is 0 Å². The first-order valence-corrected chi connectivity index (χ1v) is 7.04. The van der Waals surface area contributed by atoms with Crippen molar-refractivity contribution in [1.82, 2.24) is 19.2 Å². The van der Waals surface area contributed by atoms with Gasteiger partial charge >= 0.3 is 0 Å². The highest BCUT2D eigenvalue weighted by atomic mass is 32.1. The van der Waals surface area contributed by atoms with Gasteiger partial charge in [0.25, 0.3) is 0 Å². The molecule has 19 heavy (non-hydrogen) atoms. The zero-order chi connectivity index (χ0) is 14.0. The van der Waals surface area contributed by atoms with Crippen molar-refractivity contribution < 1.29 is 4.74 Å². The highest BCUT2D eigenvalue weighted by Crippen LogP contribution is 2.13. The van der Waals surface area contributed by atoms with Crippen LogP contribution < -0.4 is 0 Å². The van der Waals surface area contributed by atoms with Crippen LogP contribution in [0.5, 0.6) is 0 Å². The smallest absolute Gasteiger partial charge is 0.199 e. The molecule has 106 valence electrons. The molecule has 2 rings (SSSR count). The van der Waals surface area contributed by atoms with Gasteiger partial charge in [0.2, 0.25) is 0 Å². The van der Waals surface area contributed by atoms with Crippen LogP contribution in [0.3, 0.4) is 0 Å². The highest BCUT2D eigenvalue weighted by molar-refractivity contribution is 7.71. The lowest BCUT2D eigenvalue weighted by Gasteiger charge is -2.36. The molecule has 0 radical (unpaired) electrons. The Bertz CT molecular complexity index is 507. The fourth-order valence-electron chi connectivity index (χ4n) is 2.32. The van der Waals surface area contributed by atoms with Crippen LogP contribution in [0.1, 0.15) is 19.7 Å². The van der Waals surface area contributed by atoms with Gasteiger partial charge in [0.15, 0.2) is 4.77 Å². The monoisotopic (exact) mass is 282 g/mol. The molecule has 2 heterocycles. The molecule has 1 aliphatic heterocycles. The molecule has 0 spiro atoms. The van der Waals surface area contributed by atoms with Crippen LogP contribution >= 0.6 is 12.2 Å². The van der Waals surface area contributed by atoms with Crippen molar-refractivity contribution in [3.05, 3.63) is 23.3 Å². The van der Waals surface area contributed by atoms with Crippen LogP contribution in [0.15, 0.2) is 12.7 Å². The summed E-state index contributed by atoms with van der Waals surface area (Å²) < 4.78 is 10.3. The summed E-state index contributed by atoms with van der Waals surface area (Å²) in [7, 11) is 0. The predicted molar refractivity (Wildman–Crippen MR) is 77.6 cm³/mol. The maximum absolute atomic E-state index is 5.64. The number of ether oxygens (including phenoxy) is 1. The molecule has 1 aliphatic rings. The van der Waals surface area contributed by atoms with Crippen LogP contribution in [0, 0.1) is 11.7 Å². The third-order valence-electron chi connectivity index (χ3n) is 3.47. The fraction of sp³-hybridized carbons (Fsp3) is 0.692. The minimum Gasteiger partial charge on any atom is -0.376 e. The van der Waals surface area contributed by atoms with Crippen LogP contribution in [-0.4, -0.2) is 44.5 Å². The molecule has 0 saturated carbocycles. The number of allylic oxidation sites excluding steroid dienone is 1. The van der Waals surface area contributed by atoms with Gasteiger partial charge in [-0.1, -0.05) is 6.08 Å². The lowest BCUT2D eigenvalue weighted by molar-refractivity contribution is -0.0625. The van der Waals surface area contributed by atoms with Gasteiger partial charge in [-0.15, -0.1) is 6.58 Å². The summed E-state index contributed by atoms with van der Waals surface area (Å²) in [6.07, 6.45) is 2.11. The third kappa shape index (κ3) is 3.13. The average Bonchev–Trinajstić information content (AvgIpc) is 2.62. The Labute approximate surface area is 119 Å². The van der Waals surface area contributed by atoms with Gasteiger partial charge in [0.1, 0.15) is 5.82 Å². The van der Waals surface area contributed by atoms with Gasteiger partial charge in [-0.25, -0.2) is 4.68 Å². The fourth-order valence-corrected chi connectivity index (χ4v) is 2.63. The topological polar surface area (TPSA) is 35.2 Å². The molecule has 0 aliphatic carbocycles. The van der Waals surface area contributed by atoms with E-state index in [0.717, 1.165) is 30.4 Å². The van der Waals surface area contributed by atoms with Crippen LogP contribution in [-0.2, 0) is 18.0 Å². The van der Waals surface area contributed by atoms with Crippen molar-refractivity contribution in [3.8, 4) is 0 Å². The summed E-state index contributed by atoms with van der Waals surface area (Å²) in [5.74, 6) is 0.930. The van der Waals surface area contributed by atoms with Gasteiger partial charge in [-0.05, 0) is 33.0 Å². The van der Waals surface area contributed by atoms with E-state index in [1.54, 1.807) is 0 Å². The molecule has 1 aromatic heterocycles. The summed E-state index contributed by atoms with van der Waals surface area (Å²) in [4.78, 5) is 2.36. The van der Waals surface area contributed by atoms with E-state index in [-0.39, 0.29) is 6.10 Å². The summed E-state index contributed by atoms with van der Waals surface area (Å²) >= 11 is 5.47. The summed E-state index contributed by atoms with van der Waals surface area (Å²) in [5.41, 5.74) is 0. The number of aryl methyl sites for hydroxylation is 1. The van der Waals surface area contributed by atoms with Gasteiger partial charge < -0.3 is 9.30 Å². The van der Waals surface area contributed by atoms with Gasteiger partial charge in [0, 0.05) is 19.1 Å². The molecule has 5 nitrogen and oxygen atoms in total. The SMILES string of the molecule is C=CCn1c(C)nn(CN2CC(C)OCC2C)c1=S. The summed E-state index contributed by atoms with van der Waals surface area (Å²) in [6, 6.07) is 0.392. The van der Waals surface area contributed by atoms with E-state index < -0.39 is 0 Å². The number of hydrogen-bond acceptors (Lipinski definition) is 4. The first-order valence-electron chi connectivity index (χ1n) is 6.63. The molecule has 6 heteroatoms. The number of rotatable bonds is 4. The first kappa shape index (κ1) is 14.4. The van der Waals surface area contributed by atoms with Crippen molar-refractivity contribution in [2.75, 3.05) is 13.2 Å². The number of nitrogens with zero attached hydrogens (tertiary/aromatic N) is 4. The molecule has 0 N–H and O–H groups in total. The van der Waals surface area contributed by atoms with E-state index in [4.69, 9.17) is 17.0 Å². The Morgan fingerprint density at radius 2 is 2.26 bits per heavy atom. The van der Waals surface area contributed by atoms with Crippen LogP contribution in [0.25, 0.3) is 0 Å². The molecule has 1 aromatic rings. The van der Waals surface area contributed by atoms with E-state index in [0.29, 0.717) is 12.6 Å². The van der Waals surface area contributed by atoms with E-state index in [2.05, 4.69) is 30.4 Å². The van der Waals surface area contributed by atoms with E-state index >= 15 is 0 Å². The normalized spacial score (nSPS) is 24.6. The molecule has 0 aromatic carbocycles. The van der Waals surface area contributed by atoms with Crippen LogP contribution in [0.2, 0.25) is 0 Å².